The van der Waals surface area contributed by atoms with Crippen LogP contribution in [0.4, 0.5) is 4.79 Å². The Bertz CT molecular complexity index is 491. The average molecular weight is 323 g/mol. The Balaban J connectivity index is 2.05. The van der Waals surface area contributed by atoms with Gasteiger partial charge in [0.05, 0.1) is 17.2 Å². The summed E-state index contributed by atoms with van der Waals surface area (Å²) in [5, 5.41) is 0. The third-order valence-electron chi connectivity index (χ3n) is 4.90. The number of carbonyl (C=O) groups is 1. The van der Waals surface area contributed by atoms with Gasteiger partial charge >= 0.3 is 13.2 Å². The molecule has 2 saturated heterocycles. The Kier molecular flexibility index (Phi) is 4.64. The van der Waals surface area contributed by atoms with E-state index in [1.54, 1.807) is 4.90 Å². The van der Waals surface area contributed by atoms with E-state index in [0.717, 1.165) is 12.0 Å². The van der Waals surface area contributed by atoms with Crippen molar-refractivity contribution in [3.05, 3.63) is 11.5 Å². The summed E-state index contributed by atoms with van der Waals surface area (Å²) in [5.74, 6) is 2.02. The maximum absolute atomic E-state index is 12.3. The molecule has 0 aromatic rings. The maximum Gasteiger partial charge on any atom is 0.487 e. The van der Waals surface area contributed by atoms with Crippen LogP contribution in [0.15, 0.2) is 11.5 Å². The summed E-state index contributed by atoms with van der Waals surface area (Å²) in [6.07, 6.45) is 0.562. The molecule has 2 heterocycles. The van der Waals surface area contributed by atoms with Gasteiger partial charge in [0.15, 0.2) is 0 Å². The highest BCUT2D eigenvalue weighted by Crippen LogP contribution is 2.38. The molecule has 2 aliphatic heterocycles. The smallest absolute Gasteiger partial charge is 0.444 e. The molecule has 1 atom stereocenters. The standard InChI is InChI=1S/C17H30BNO4/c1-12-13(9-10-19(12)14(20)21-15(2,3)4)11-18-22-16(5,6)17(7,8)23-18/h11-12H,9-10H2,1-8H3/b13-11+. The molecule has 0 saturated carbocycles. The zero-order valence-electron chi connectivity index (χ0n) is 15.7. The van der Waals surface area contributed by atoms with Crippen LogP contribution in [0.2, 0.25) is 0 Å². The Labute approximate surface area is 140 Å². The molecule has 0 aromatic carbocycles. The van der Waals surface area contributed by atoms with Crippen molar-refractivity contribution in [2.24, 2.45) is 0 Å². The first-order valence-electron chi connectivity index (χ1n) is 8.38. The molecule has 2 aliphatic rings. The highest BCUT2D eigenvalue weighted by molar-refractivity contribution is 6.51. The fourth-order valence-corrected chi connectivity index (χ4v) is 2.78. The van der Waals surface area contributed by atoms with E-state index in [1.165, 1.54) is 0 Å². The Morgan fingerprint density at radius 1 is 1.26 bits per heavy atom. The molecule has 1 unspecified atom stereocenters. The summed E-state index contributed by atoms with van der Waals surface area (Å²) in [6.45, 7) is 16.5. The molecule has 0 radical (unpaired) electrons. The van der Waals surface area contributed by atoms with Gasteiger partial charge in [0.1, 0.15) is 5.60 Å². The number of amides is 1. The molecule has 1 amide bonds. The molecule has 6 heteroatoms. The van der Waals surface area contributed by atoms with Crippen LogP contribution in [0.25, 0.3) is 0 Å². The Morgan fingerprint density at radius 3 is 2.26 bits per heavy atom. The molecular formula is C17H30BNO4. The van der Waals surface area contributed by atoms with Crippen LogP contribution in [0, 0.1) is 0 Å². The van der Waals surface area contributed by atoms with E-state index >= 15 is 0 Å². The fraction of sp³-hybridized carbons (Fsp3) is 0.824. The summed E-state index contributed by atoms with van der Waals surface area (Å²) in [5.41, 5.74) is -0.00737. The quantitative estimate of drug-likeness (QED) is 0.692. The molecular weight excluding hydrogens is 293 g/mol. The zero-order chi connectivity index (χ0) is 17.6. The Hall–Kier alpha value is -1.01. The number of ether oxygens (including phenoxy) is 1. The second-order valence-corrected chi connectivity index (χ2v) is 8.47. The molecule has 23 heavy (non-hydrogen) atoms. The molecule has 0 bridgehead atoms. The zero-order valence-corrected chi connectivity index (χ0v) is 15.7. The number of hydrogen-bond donors (Lipinski definition) is 0. The van der Waals surface area contributed by atoms with E-state index in [1.807, 2.05) is 61.4 Å². The van der Waals surface area contributed by atoms with Crippen LogP contribution in [-0.2, 0) is 14.0 Å². The molecule has 0 N–H and O–H groups in total. The minimum absolute atomic E-state index is 0.00359. The lowest BCUT2D eigenvalue weighted by Crippen LogP contribution is -2.41. The average Bonchev–Trinajstić information content (AvgIpc) is 2.76. The van der Waals surface area contributed by atoms with E-state index in [-0.39, 0.29) is 30.5 Å². The van der Waals surface area contributed by atoms with Gasteiger partial charge in [0.2, 0.25) is 0 Å². The number of nitrogens with zero attached hydrogens (tertiary/aromatic N) is 1. The van der Waals surface area contributed by atoms with Gasteiger partial charge in [0, 0.05) is 6.54 Å². The highest BCUT2D eigenvalue weighted by atomic mass is 16.7. The Morgan fingerprint density at radius 2 is 1.78 bits per heavy atom. The van der Waals surface area contributed by atoms with Crippen LogP contribution >= 0.6 is 0 Å². The van der Waals surface area contributed by atoms with Crippen molar-refractivity contribution in [3.8, 4) is 0 Å². The predicted molar refractivity (Wildman–Crippen MR) is 91.2 cm³/mol. The van der Waals surface area contributed by atoms with Gasteiger partial charge in [-0.1, -0.05) is 11.5 Å². The monoisotopic (exact) mass is 323 g/mol. The van der Waals surface area contributed by atoms with E-state index in [4.69, 9.17) is 14.0 Å². The van der Waals surface area contributed by atoms with E-state index in [0.29, 0.717) is 6.54 Å². The molecule has 5 nitrogen and oxygen atoms in total. The second-order valence-electron chi connectivity index (χ2n) is 8.47. The highest BCUT2D eigenvalue weighted by Gasteiger charge is 2.50. The summed E-state index contributed by atoms with van der Waals surface area (Å²) < 4.78 is 17.5. The van der Waals surface area contributed by atoms with Gasteiger partial charge in [-0.05, 0) is 61.8 Å². The summed E-state index contributed by atoms with van der Waals surface area (Å²) >= 11 is 0. The van der Waals surface area contributed by atoms with Gasteiger partial charge in [-0.3, -0.25) is 0 Å². The fourth-order valence-electron chi connectivity index (χ4n) is 2.78. The molecule has 0 spiro atoms. The van der Waals surface area contributed by atoms with Crippen LogP contribution in [0.3, 0.4) is 0 Å². The number of rotatable bonds is 1. The van der Waals surface area contributed by atoms with Crippen molar-refractivity contribution in [3.63, 3.8) is 0 Å². The molecule has 0 aromatic heterocycles. The van der Waals surface area contributed by atoms with Gasteiger partial charge < -0.3 is 18.9 Å². The third kappa shape index (κ3) is 3.91. The van der Waals surface area contributed by atoms with E-state index in [9.17, 15) is 4.79 Å². The van der Waals surface area contributed by atoms with Crippen molar-refractivity contribution in [2.45, 2.75) is 84.7 Å². The number of likely N-dealkylation sites (tertiary alicyclic amines) is 1. The van der Waals surface area contributed by atoms with Crippen LogP contribution in [0.1, 0.15) is 61.8 Å². The molecule has 2 rings (SSSR count). The van der Waals surface area contributed by atoms with Crippen molar-refractivity contribution in [1.29, 1.82) is 0 Å². The van der Waals surface area contributed by atoms with Gasteiger partial charge in [-0.25, -0.2) is 4.79 Å². The SMILES string of the molecule is CC1/C(=C/B2OC(C)(C)C(C)(C)O2)CCN1C(=O)OC(C)(C)C. The number of carbonyl (C=O) groups excluding carboxylic acids is 1. The summed E-state index contributed by atoms with van der Waals surface area (Å²) in [7, 11) is -0.365. The van der Waals surface area contributed by atoms with Crippen LogP contribution in [-0.4, -0.2) is 47.5 Å². The van der Waals surface area contributed by atoms with E-state index < -0.39 is 5.60 Å². The van der Waals surface area contributed by atoms with Crippen molar-refractivity contribution >= 4 is 13.2 Å². The first kappa shape index (κ1) is 18.3. The van der Waals surface area contributed by atoms with E-state index in [2.05, 4.69) is 0 Å². The third-order valence-corrected chi connectivity index (χ3v) is 4.90. The van der Waals surface area contributed by atoms with Crippen LogP contribution in [0.5, 0.6) is 0 Å². The van der Waals surface area contributed by atoms with Crippen molar-refractivity contribution in [1.82, 2.24) is 4.90 Å². The molecule has 2 fully saturated rings. The predicted octanol–water partition coefficient (Wildman–Crippen LogP) is 3.57. The number of hydrogen-bond acceptors (Lipinski definition) is 4. The lowest BCUT2D eigenvalue weighted by atomic mass is 9.85. The minimum atomic E-state index is -0.477. The van der Waals surface area contributed by atoms with Gasteiger partial charge in [-0.15, -0.1) is 0 Å². The van der Waals surface area contributed by atoms with Gasteiger partial charge in [-0.2, -0.15) is 0 Å². The lowest BCUT2D eigenvalue weighted by molar-refractivity contribution is 0.00578. The first-order valence-corrected chi connectivity index (χ1v) is 8.38. The van der Waals surface area contributed by atoms with Crippen LogP contribution < -0.4 is 0 Å². The largest absolute Gasteiger partial charge is 0.487 e. The second kappa shape index (κ2) is 5.81. The molecule has 0 aliphatic carbocycles. The normalized spacial score (nSPS) is 28.5. The van der Waals surface area contributed by atoms with Crippen molar-refractivity contribution < 1.29 is 18.8 Å². The summed E-state index contributed by atoms with van der Waals surface area (Å²) in [6, 6.07) is 0.00359. The summed E-state index contributed by atoms with van der Waals surface area (Å²) in [4.78, 5) is 14.0. The topological polar surface area (TPSA) is 48.0 Å². The first-order chi connectivity index (χ1) is 10.3. The lowest BCUT2D eigenvalue weighted by Gasteiger charge is -2.32. The minimum Gasteiger partial charge on any atom is -0.444 e. The maximum atomic E-state index is 12.3. The van der Waals surface area contributed by atoms with Gasteiger partial charge in [0.25, 0.3) is 0 Å². The van der Waals surface area contributed by atoms with Crippen molar-refractivity contribution in [2.75, 3.05) is 6.54 Å². The molecule has 130 valence electrons.